The van der Waals surface area contributed by atoms with Gasteiger partial charge in [-0.05, 0) is 55.0 Å². The van der Waals surface area contributed by atoms with Gasteiger partial charge in [-0.3, -0.25) is 9.59 Å². The first-order chi connectivity index (χ1) is 16.6. The second-order valence-electron chi connectivity index (χ2n) is 9.03. The summed E-state index contributed by atoms with van der Waals surface area (Å²) in [6, 6.07) is 10.9. The number of benzene rings is 2. The minimum Gasteiger partial charge on any atom is -0.372 e. The number of nitrogens with zero attached hydrogens (tertiary/aromatic N) is 3. The Kier molecular flexibility index (Phi) is 6.70. The number of nitrogens with two attached hydrogens (primary N) is 1. The van der Waals surface area contributed by atoms with Gasteiger partial charge in [0.25, 0.3) is 5.91 Å². The van der Waals surface area contributed by atoms with Crippen molar-refractivity contribution in [2.75, 3.05) is 31.1 Å². The molecule has 2 aliphatic rings. The van der Waals surface area contributed by atoms with Crippen molar-refractivity contribution in [3.05, 3.63) is 65.0 Å². The molecule has 2 N–H and O–H groups in total. The van der Waals surface area contributed by atoms with Crippen LogP contribution in [-0.4, -0.2) is 42.9 Å². The number of piperidine rings is 1. The predicted molar refractivity (Wildman–Crippen MR) is 120 cm³/mol. The fourth-order valence-electron chi connectivity index (χ4n) is 5.23. The first-order valence-corrected chi connectivity index (χ1v) is 11.3. The summed E-state index contributed by atoms with van der Waals surface area (Å²) < 4.78 is 54.2. The number of carbonyl (C=O) groups excluding carboxylic acids is 2. The van der Waals surface area contributed by atoms with E-state index in [-0.39, 0.29) is 30.5 Å². The van der Waals surface area contributed by atoms with Gasteiger partial charge < -0.3 is 15.5 Å². The molecule has 2 saturated heterocycles. The number of anilines is 1. The normalized spacial score (nSPS) is 21.1. The summed E-state index contributed by atoms with van der Waals surface area (Å²) in [5.41, 5.74) is 4.56. The summed E-state index contributed by atoms with van der Waals surface area (Å²) in [4.78, 5) is 28.3. The zero-order chi connectivity index (χ0) is 25.3. The van der Waals surface area contributed by atoms with E-state index in [1.165, 1.54) is 35.2 Å². The number of nitriles is 1. The number of hydrogen-bond acceptors (Lipinski definition) is 4. The van der Waals surface area contributed by atoms with Crippen molar-refractivity contribution < 1.29 is 27.2 Å². The molecule has 0 saturated carbocycles. The maximum absolute atomic E-state index is 14.1. The third-order valence-electron chi connectivity index (χ3n) is 7.06. The lowest BCUT2D eigenvalue weighted by Crippen LogP contribution is -2.40. The molecule has 2 atom stereocenters. The van der Waals surface area contributed by atoms with Crippen molar-refractivity contribution >= 4 is 17.5 Å². The maximum Gasteiger partial charge on any atom is 0.417 e. The number of alkyl halides is 3. The Bertz CT molecular complexity index is 1170. The molecule has 4 rings (SSSR count). The second kappa shape index (κ2) is 9.56. The second-order valence-corrected chi connectivity index (χ2v) is 9.03. The molecule has 2 aliphatic heterocycles. The minimum atomic E-state index is -4.63. The summed E-state index contributed by atoms with van der Waals surface area (Å²) in [6.07, 6.45) is -3.44. The largest absolute Gasteiger partial charge is 0.417 e. The van der Waals surface area contributed by atoms with Gasteiger partial charge in [0, 0.05) is 31.9 Å². The van der Waals surface area contributed by atoms with Crippen molar-refractivity contribution in [1.29, 1.82) is 5.26 Å². The van der Waals surface area contributed by atoms with Gasteiger partial charge in [-0.2, -0.15) is 18.4 Å². The van der Waals surface area contributed by atoms with Crippen molar-refractivity contribution in [3.8, 4) is 6.07 Å². The molecule has 2 unspecified atom stereocenters. The Morgan fingerprint density at radius 3 is 2.34 bits per heavy atom. The number of primary amides is 1. The fraction of sp³-hybridized carbons (Fsp3) is 0.400. The van der Waals surface area contributed by atoms with Crippen molar-refractivity contribution in [2.45, 2.75) is 19.0 Å². The van der Waals surface area contributed by atoms with E-state index in [9.17, 15) is 27.2 Å². The highest BCUT2D eigenvalue weighted by Crippen LogP contribution is 2.39. The van der Waals surface area contributed by atoms with Crippen LogP contribution >= 0.6 is 0 Å². The molecule has 6 nitrogen and oxygen atoms in total. The van der Waals surface area contributed by atoms with Gasteiger partial charge >= 0.3 is 6.18 Å². The molecule has 10 heteroatoms. The lowest BCUT2D eigenvalue weighted by molar-refractivity contribution is -0.137. The molecule has 184 valence electrons. The van der Waals surface area contributed by atoms with Gasteiger partial charge in [-0.25, -0.2) is 4.39 Å². The average Bonchev–Trinajstić information content (AvgIpc) is 3.29. The third kappa shape index (κ3) is 4.94. The fourth-order valence-corrected chi connectivity index (χ4v) is 5.23. The Morgan fingerprint density at radius 2 is 1.74 bits per heavy atom. The molecule has 2 aromatic rings. The molecule has 0 spiro atoms. The molecule has 35 heavy (non-hydrogen) atoms. The maximum atomic E-state index is 14.1. The predicted octanol–water partition coefficient (Wildman–Crippen LogP) is 3.81. The van der Waals surface area contributed by atoms with Crippen LogP contribution in [0.5, 0.6) is 0 Å². The smallest absolute Gasteiger partial charge is 0.372 e. The SMILES string of the molecule is N#Cc1ccc(N2CCC(C3CN(C(=O)c4ccccc4F)CC3C(N)=O)CC2)cc1C(F)(F)F. The molecule has 0 bridgehead atoms. The van der Waals surface area contributed by atoms with Crippen LogP contribution in [0.15, 0.2) is 42.5 Å². The van der Waals surface area contributed by atoms with Crippen LogP contribution in [0.2, 0.25) is 0 Å². The zero-order valence-electron chi connectivity index (χ0n) is 18.8. The van der Waals surface area contributed by atoms with Gasteiger partial charge in [0.1, 0.15) is 5.82 Å². The Labute approximate surface area is 199 Å². The number of hydrogen-bond donors (Lipinski definition) is 1. The standard InChI is InChI=1S/C25H24F4N4O2/c26-22-4-2-1-3-18(22)24(35)33-13-19(20(14-33)23(31)34)15-7-9-32(10-8-15)17-6-5-16(12-30)21(11-17)25(27,28)29/h1-6,11,15,19-20H,7-10,13-14H2,(H2,31,34). The van der Waals surface area contributed by atoms with Crippen LogP contribution in [0.25, 0.3) is 0 Å². The topological polar surface area (TPSA) is 90.4 Å². The van der Waals surface area contributed by atoms with Crippen LogP contribution in [0.3, 0.4) is 0 Å². The van der Waals surface area contributed by atoms with E-state index >= 15 is 0 Å². The Hall–Kier alpha value is -3.61. The molecule has 0 aliphatic carbocycles. The highest BCUT2D eigenvalue weighted by atomic mass is 19.4. The van der Waals surface area contributed by atoms with E-state index in [4.69, 9.17) is 11.0 Å². The van der Waals surface area contributed by atoms with Crippen LogP contribution in [0.1, 0.15) is 34.3 Å². The number of rotatable bonds is 4. The van der Waals surface area contributed by atoms with Gasteiger partial charge in [-0.15, -0.1) is 0 Å². The summed E-state index contributed by atoms with van der Waals surface area (Å²) in [5, 5.41) is 9.01. The number of likely N-dealkylation sites (tertiary alicyclic amines) is 1. The Balaban J connectivity index is 1.47. The van der Waals surface area contributed by atoms with E-state index in [0.717, 1.165) is 6.07 Å². The summed E-state index contributed by atoms with van der Waals surface area (Å²) >= 11 is 0. The summed E-state index contributed by atoms with van der Waals surface area (Å²) in [7, 11) is 0. The van der Waals surface area contributed by atoms with E-state index in [2.05, 4.69) is 0 Å². The van der Waals surface area contributed by atoms with Crippen LogP contribution in [0, 0.1) is 34.9 Å². The summed E-state index contributed by atoms with van der Waals surface area (Å²) in [6.45, 7) is 1.28. The molecule has 2 amide bonds. The first kappa shape index (κ1) is 24.5. The monoisotopic (exact) mass is 488 g/mol. The van der Waals surface area contributed by atoms with Crippen molar-refractivity contribution in [1.82, 2.24) is 4.90 Å². The number of carbonyl (C=O) groups is 2. The van der Waals surface area contributed by atoms with Gasteiger partial charge in [-0.1, -0.05) is 12.1 Å². The summed E-state index contributed by atoms with van der Waals surface area (Å²) in [5.74, 6) is -2.41. The molecule has 2 fully saturated rings. The quantitative estimate of drug-likeness (QED) is 0.663. The van der Waals surface area contributed by atoms with Gasteiger partial charge in [0.2, 0.25) is 5.91 Å². The molecular formula is C25H24F4N4O2. The van der Waals surface area contributed by atoms with Crippen molar-refractivity contribution in [2.24, 2.45) is 23.5 Å². The minimum absolute atomic E-state index is 0.0302. The number of halogens is 4. The highest BCUT2D eigenvalue weighted by Gasteiger charge is 2.44. The zero-order valence-corrected chi connectivity index (χ0v) is 18.8. The van der Waals surface area contributed by atoms with E-state index in [1.54, 1.807) is 12.1 Å². The molecule has 0 aromatic heterocycles. The average molecular weight is 488 g/mol. The van der Waals surface area contributed by atoms with Gasteiger partial charge in [0.15, 0.2) is 0 Å². The molecule has 2 aromatic carbocycles. The van der Waals surface area contributed by atoms with Crippen LogP contribution < -0.4 is 10.6 Å². The lowest BCUT2D eigenvalue weighted by atomic mass is 9.78. The molecule has 2 heterocycles. The third-order valence-corrected chi connectivity index (χ3v) is 7.06. The van der Waals surface area contributed by atoms with E-state index < -0.39 is 40.9 Å². The Morgan fingerprint density at radius 1 is 1.06 bits per heavy atom. The molecular weight excluding hydrogens is 464 g/mol. The van der Waals surface area contributed by atoms with Gasteiger partial charge in [0.05, 0.1) is 28.7 Å². The van der Waals surface area contributed by atoms with E-state index in [1.807, 2.05) is 4.90 Å². The first-order valence-electron chi connectivity index (χ1n) is 11.3. The van der Waals surface area contributed by atoms with E-state index in [0.29, 0.717) is 31.6 Å². The highest BCUT2D eigenvalue weighted by molar-refractivity contribution is 5.95. The molecule has 0 radical (unpaired) electrons. The lowest BCUT2D eigenvalue weighted by Gasteiger charge is -2.37. The number of amides is 2. The van der Waals surface area contributed by atoms with Crippen molar-refractivity contribution in [3.63, 3.8) is 0 Å². The van der Waals surface area contributed by atoms with Crippen LogP contribution in [-0.2, 0) is 11.0 Å². The van der Waals surface area contributed by atoms with Crippen LogP contribution in [0.4, 0.5) is 23.2 Å².